The summed E-state index contributed by atoms with van der Waals surface area (Å²) >= 11 is 5.55. The van der Waals surface area contributed by atoms with Gasteiger partial charge in [-0.15, -0.1) is 0 Å². The van der Waals surface area contributed by atoms with Crippen LogP contribution in [-0.2, 0) is 17.4 Å². The van der Waals surface area contributed by atoms with Crippen LogP contribution in [0.3, 0.4) is 0 Å². The van der Waals surface area contributed by atoms with Gasteiger partial charge >= 0.3 is 12.2 Å². The monoisotopic (exact) mass is 385 g/mol. The van der Waals surface area contributed by atoms with E-state index in [1.165, 1.54) is 6.07 Å². The maximum absolute atomic E-state index is 12.9. The summed E-state index contributed by atoms with van der Waals surface area (Å²) in [6.07, 6.45) is -4.54. The van der Waals surface area contributed by atoms with Crippen molar-refractivity contribution >= 4 is 29.2 Å². The molecule has 0 saturated carbocycles. The first kappa shape index (κ1) is 19.6. The number of amides is 3. The van der Waals surface area contributed by atoms with Gasteiger partial charge in [-0.25, -0.2) is 4.79 Å². The van der Waals surface area contributed by atoms with Crippen LogP contribution in [-0.4, -0.2) is 18.0 Å². The zero-order valence-corrected chi connectivity index (χ0v) is 14.1. The molecule has 2 aromatic carbocycles. The molecule has 9 heteroatoms. The number of carbonyl (C=O) groups is 2. The fourth-order valence-corrected chi connectivity index (χ4v) is 2.51. The molecule has 3 amide bonds. The smallest absolute Gasteiger partial charge is 0.352 e. The molecule has 4 N–H and O–H groups in total. The lowest BCUT2D eigenvalue weighted by Gasteiger charge is -2.18. The van der Waals surface area contributed by atoms with Gasteiger partial charge in [0, 0.05) is 12.1 Å². The fraction of sp³-hybridized carbons (Fsp3) is 0.176. The van der Waals surface area contributed by atoms with Gasteiger partial charge in [0.15, 0.2) is 0 Å². The van der Waals surface area contributed by atoms with Crippen molar-refractivity contribution < 1.29 is 22.8 Å². The molecule has 2 aromatic rings. The fourth-order valence-electron chi connectivity index (χ4n) is 2.28. The lowest BCUT2D eigenvalue weighted by Crippen LogP contribution is -2.47. The molecule has 0 heterocycles. The molecule has 0 fully saturated rings. The van der Waals surface area contributed by atoms with Crippen LogP contribution < -0.4 is 16.4 Å². The molecule has 26 heavy (non-hydrogen) atoms. The summed E-state index contributed by atoms with van der Waals surface area (Å²) in [5, 5.41) is 4.14. The minimum atomic E-state index is -4.66. The van der Waals surface area contributed by atoms with Crippen LogP contribution >= 0.6 is 11.6 Å². The Bertz CT molecular complexity index is 798. The molecular weight excluding hydrogens is 371 g/mol. The largest absolute Gasteiger partial charge is 0.417 e. The Balaban J connectivity index is 2.20. The van der Waals surface area contributed by atoms with E-state index < -0.39 is 34.7 Å². The standard InChI is InChI=1S/C17H15ClF3N3O2/c18-13-7-6-11(9-12(13)17(19,20)21)23-15(25)14(24-16(22)26)8-10-4-2-1-3-5-10/h1-7,9,14H,8H2,(H,23,25)(H3,22,24,26). The topological polar surface area (TPSA) is 84.2 Å². The lowest BCUT2D eigenvalue weighted by molar-refractivity contribution is -0.137. The zero-order chi connectivity index (χ0) is 19.3. The maximum atomic E-state index is 12.9. The molecule has 1 unspecified atom stereocenters. The number of anilines is 1. The van der Waals surface area contributed by atoms with Crippen molar-refractivity contribution in [3.05, 3.63) is 64.7 Å². The van der Waals surface area contributed by atoms with E-state index in [4.69, 9.17) is 17.3 Å². The molecule has 0 bridgehead atoms. The van der Waals surface area contributed by atoms with Crippen molar-refractivity contribution in [3.63, 3.8) is 0 Å². The average Bonchev–Trinajstić information content (AvgIpc) is 2.55. The predicted octanol–water partition coefficient (Wildman–Crippen LogP) is 3.58. The van der Waals surface area contributed by atoms with Crippen molar-refractivity contribution in [2.75, 3.05) is 5.32 Å². The van der Waals surface area contributed by atoms with Gasteiger partial charge in [-0.3, -0.25) is 4.79 Å². The van der Waals surface area contributed by atoms with E-state index in [2.05, 4.69) is 10.6 Å². The van der Waals surface area contributed by atoms with E-state index in [0.29, 0.717) is 0 Å². The maximum Gasteiger partial charge on any atom is 0.417 e. The van der Waals surface area contributed by atoms with E-state index in [1.54, 1.807) is 30.3 Å². The molecule has 1 atom stereocenters. The normalized spacial score (nSPS) is 12.3. The van der Waals surface area contributed by atoms with Gasteiger partial charge in [-0.2, -0.15) is 13.2 Å². The van der Waals surface area contributed by atoms with E-state index in [-0.39, 0.29) is 12.1 Å². The number of alkyl halides is 3. The van der Waals surface area contributed by atoms with Crippen LogP contribution in [0.1, 0.15) is 11.1 Å². The molecule has 0 aliphatic carbocycles. The number of rotatable bonds is 5. The number of hydrogen-bond donors (Lipinski definition) is 3. The Hall–Kier alpha value is -2.74. The number of benzene rings is 2. The van der Waals surface area contributed by atoms with E-state index >= 15 is 0 Å². The zero-order valence-electron chi connectivity index (χ0n) is 13.3. The van der Waals surface area contributed by atoms with Gasteiger partial charge in [0.05, 0.1) is 10.6 Å². The lowest BCUT2D eigenvalue weighted by atomic mass is 10.1. The Morgan fingerprint density at radius 2 is 1.77 bits per heavy atom. The number of carbonyl (C=O) groups excluding carboxylic acids is 2. The Morgan fingerprint density at radius 1 is 1.12 bits per heavy atom. The summed E-state index contributed by atoms with van der Waals surface area (Å²) in [6.45, 7) is 0. The van der Waals surface area contributed by atoms with Crippen LogP contribution in [0.25, 0.3) is 0 Å². The minimum Gasteiger partial charge on any atom is -0.352 e. The Kier molecular flexibility index (Phi) is 6.10. The molecule has 138 valence electrons. The summed E-state index contributed by atoms with van der Waals surface area (Å²) in [6, 6.07) is 9.80. The van der Waals surface area contributed by atoms with Gasteiger partial charge in [0.25, 0.3) is 0 Å². The van der Waals surface area contributed by atoms with Crippen molar-refractivity contribution in [1.82, 2.24) is 5.32 Å². The van der Waals surface area contributed by atoms with Crippen molar-refractivity contribution in [1.29, 1.82) is 0 Å². The highest BCUT2D eigenvalue weighted by Crippen LogP contribution is 2.36. The Labute approximate surface area is 152 Å². The summed E-state index contributed by atoms with van der Waals surface area (Å²) in [5.74, 6) is -0.705. The number of primary amides is 1. The number of urea groups is 1. The van der Waals surface area contributed by atoms with Crippen LogP contribution in [0.15, 0.2) is 48.5 Å². The SMILES string of the molecule is NC(=O)NC(Cc1ccccc1)C(=O)Nc1ccc(Cl)c(C(F)(F)F)c1. The second-order valence-corrected chi connectivity index (χ2v) is 5.84. The van der Waals surface area contributed by atoms with Crippen LogP contribution in [0.4, 0.5) is 23.7 Å². The van der Waals surface area contributed by atoms with Crippen molar-refractivity contribution in [3.8, 4) is 0 Å². The minimum absolute atomic E-state index is 0.101. The third kappa shape index (κ3) is 5.38. The van der Waals surface area contributed by atoms with Gasteiger partial charge in [-0.1, -0.05) is 41.9 Å². The first-order valence-electron chi connectivity index (χ1n) is 7.44. The molecule has 0 aromatic heterocycles. The molecule has 0 radical (unpaired) electrons. The van der Waals surface area contributed by atoms with Crippen LogP contribution in [0, 0.1) is 0 Å². The van der Waals surface area contributed by atoms with E-state index in [0.717, 1.165) is 17.7 Å². The molecule has 0 aliphatic rings. The van der Waals surface area contributed by atoms with Gasteiger partial charge < -0.3 is 16.4 Å². The van der Waals surface area contributed by atoms with Crippen molar-refractivity contribution in [2.45, 2.75) is 18.6 Å². The van der Waals surface area contributed by atoms with Gasteiger partial charge in [0.2, 0.25) is 5.91 Å². The number of halogens is 4. The molecular formula is C17H15ClF3N3O2. The summed E-state index contributed by atoms with van der Waals surface area (Å²) in [4.78, 5) is 23.6. The number of nitrogens with two attached hydrogens (primary N) is 1. The molecule has 0 saturated heterocycles. The van der Waals surface area contributed by atoms with E-state index in [1.807, 2.05) is 0 Å². The highest BCUT2D eigenvalue weighted by Gasteiger charge is 2.33. The third-order valence-electron chi connectivity index (χ3n) is 3.45. The molecule has 5 nitrogen and oxygen atoms in total. The second-order valence-electron chi connectivity index (χ2n) is 5.43. The first-order valence-corrected chi connectivity index (χ1v) is 7.82. The molecule has 2 rings (SSSR count). The first-order chi connectivity index (χ1) is 12.2. The summed E-state index contributed by atoms with van der Waals surface area (Å²) < 4.78 is 38.7. The third-order valence-corrected chi connectivity index (χ3v) is 3.78. The van der Waals surface area contributed by atoms with Gasteiger partial charge in [0.1, 0.15) is 6.04 Å². The summed E-state index contributed by atoms with van der Waals surface area (Å²) in [7, 11) is 0. The predicted molar refractivity (Wildman–Crippen MR) is 91.7 cm³/mol. The van der Waals surface area contributed by atoms with Crippen LogP contribution in [0.5, 0.6) is 0 Å². The average molecular weight is 386 g/mol. The second kappa shape index (κ2) is 8.09. The number of hydrogen-bond acceptors (Lipinski definition) is 2. The van der Waals surface area contributed by atoms with Gasteiger partial charge in [-0.05, 0) is 23.8 Å². The molecule has 0 spiro atoms. The highest BCUT2D eigenvalue weighted by atomic mass is 35.5. The summed E-state index contributed by atoms with van der Waals surface area (Å²) in [5.41, 5.74) is 4.66. The number of nitrogens with one attached hydrogen (secondary N) is 2. The van der Waals surface area contributed by atoms with E-state index in [9.17, 15) is 22.8 Å². The Morgan fingerprint density at radius 3 is 2.35 bits per heavy atom. The quantitative estimate of drug-likeness (QED) is 0.735. The van der Waals surface area contributed by atoms with Crippen LogP contribution in [0.2, 0.25) is 5.02 Å². The van der Waals surface area contributed by atoms with Crippen molar-refractivity contribution in [2.24, 2.45) is 5.73 Å². The molecule has 0 aliphatic heterocycles. The highest BCUT2D eigenvalue weighted by molar-refractivity contribution is 6.31.